The molecule has 0 aliphatic rings. The molecule has 0 bridgehead atoms. The number of halogens is 1. The maximum atomic E-state index is 12.3. The molecule has 2 aromatic carbocycles. The van der Waals surface area contributed by atoms with Crippen LogP contribution in [-0.4, -0.2) is 43.4 Å². The molecule has 0 aromatic heterocycles. The normalized spacial score (nSPS) is 11.9. The van der Waals surface area contributed by atoms with Gasteiger partial charge in [0.15, 0.2) is 23.4 Å². The summed E-state index contributed by atoms with van der Waals surface area (Å²) in [5, 5.41) is 0. The van der Waals surface area contributed by atoms with Gasteiger partial charge in [0, 0.05) is 23.2 Å². The predicted molar refractivity (Wildman–Crippen MR) is 119 cm³/mol. The number of nitrogens with zero attached hydrogens (tertiary/aromatic N) is 1. The quantitative estimate of drug-likeness (QED) is 0.310. The van der Waals surface area contributed by atoms with Crippen LogP contribution in [0.25, 0.3) is 6.08 Å². The molecule has 0 fully saturated rings. The fourth-order valence-corrected chi connectivity index (χ4v) is 2.84. The van der Waals surface area contributed by atoms with Gasteiger partial charge in [0.25, 0.3) is 5.91 Å². The number of hydrogen-bond donors (Lipinski definition) is 0. The molecule has 2 rings (SSSR count). The van der Waals surface area contributed by atoms with Crippen molar-refractivity contribution in [2.75, 3.05) is 20.7 Å². The lowest BCUT2D eigenvalue weighted by atomic mass is 10.1. The Labute approximate surface area is 179 Å². The van der Waals surface area contributed by atoms with Crippen LogP contribution < -0.4 is 9.47 Å². The number of likely N-dealkylation sites (N-methyl/N-ethyl adjacent to an activating group) is 1. The van der Waals surface area contributed by atoms with E-state index in [4.69, 9.17) is 9.47 Å². The summed E-state index contributed by atoms with van der Waals surface area (Å²) < 4.78 is 12.5. The first-order chi connectivity index (χ1) is 13.3. The van der Waals surface area contributed by atoms with Gasteiger partial charge in [0.1, 0.15) is 0 Å². The molecule has 0 aliphatic heterocycles. The zero-order valence-corrected chi connectivity index (χ0v) is 18.6. The van der Waals surface area contributed by atoms with Crippen LogP contribution in [-0.2, 0) is 4.79 Å². The second-order valence-corrected chi connectivity index (χ2v) is 7.58. The van der Waals surface area contributed by atoms with Gasteiger partial charge in [0.05, 0.1) is 6.61 Å². The van der Waals surface area contributed by atoms with Crippen LogP contribution in [0.4, 0.5) is 0 Å². The van der Waals surface area contributed by atoms with E-state index in [0.717, 1.165) is 9.13 Å². The Kier molecular flexibility index (Phi) is 8.04. The monoisotopic (exact) mass is 493 g/mol. The minimum Gasteiger partial charge on any atom is -0.490 e. The molecule has 0 radical (unpaired) electrons. The van der Waals surface area contributed by atoms with Gasteiger partial charge in [-0.3, -0.25) is 9.59 Å². The lowest BCUT2D eigenvalue weighted by molar-refractivity contribution is -0.135. The van der Waals surface area contributed by atoms with Crippen molar-refractivity contribution >= 4 is 40.4 Å². The van der Waals surface area contributed by atoms with Crippen molar-refractivity contribution < 1.29 is 19.1 Å². The zero-order valence-electron chi connectivity index (χ0n) is 16.4. The van der Waals surface area contributed by atoms with E-state index < -0.39 is 6.10 Å². The third-order valence-electron chi connectivity index (χ3n) is 3.92. The van der Waals surface area contributed by atoms with Gasteiger partial charge in [-0.05, 0) is 72.3 Å². The van der Waals surface area contributed by atoms with Crippen molar-refractivity contribution in [1.82, 2.24) is 4.90 Å². The molecule has 1 amide bonds. The zero-order chi connectivity index (χ0) is 20.7. The molecule has 0 saturated heterocycles. The van der Waals surface area contributed by atoms with Crippen molar-refractivity contribution in [2.45, 2.75) is 20.0 Å². The number of allylic oxidation sites excluding steroid dienone is 1. The van der Waals surface area contributed by atoms with Gasteiger partial charge in [-0.2, -0.15) is 0 Å². The molecular weight excluding hydrogens is 469 g/mol. The first-order valence-electron chi connectivity index (χ1n) is 8.94. The van der Waals surface area contributed by atoms with E-state index in [0.29, 0.717) is 23.7 Å². The lowest BCUT2D eigenvalue weighted by Gasteiger charge is -2.20. The van der Waals surface area contributed by atoms with Crippen molar-refractivity contribution in [3.63, 3.8) is 0 Å². The Morgan fingerprint density at radius 3 is 2.39 bits per heavy atom. The molecule has 5 nitrogen and oxygen atoms in total. The molecule has 0 heterocycles. The molecule has 148 valence electrons. The maximum Gasteiger partial charge on any atom is 0.262 e. The SMILES string of the molecule is CCOc1cc(/C=C/C(=O)c2ccc(I)cc2)ccc1O[C@H](C)C(=O)N(C)C. The highest BCUT2D eigenvalue weighted by Crippen LogP contribution is 2.30. The topological polar surface area (TPSA) is 55.8 Å². The summed E-state index contributed by atoms with van der Waals surface area (Å²) in [5.41, 5.74) is 1.44. The van der Waals surface area contributed by atoms with Crippen molar-refractivity contribution in [2.24, 2.45) is 0 Å². The average Bonchev–Trinajstić information content (AvgIpc) is 2.67. The highest BCUT2D eigenvalue weighted by atomic mass is 127. The second-order valence-electron chi connectivity index (χ2n) is 6.34. The molecule has 2 aromatic rings. The Morgan fingerprint density at radius 2 is 1.79 bits per heavy atom. The maximum absolute atomic E-state index is 12.3. The Balaban J connectivity index is 2.17. The van der Waals surface area contributed by atoms with Crippen LogP contribution in [0.2, 0.25) is 0 Å². The number of carbonyl (C=O) groups excluding carboxylic acids is 2. The van der Waals surface area contributed by atoms with Gasteiger partial charge < -0.3 is 14.4 Å². The van der Waals surface area contributed by atoms with Crippen molar-refractivity contribution in [3.8, 4) is 11.5 Å². The van der Waals surface area contributed by atoms with Gasteiger partial charge in [-0.1, -0.05) is 24.3 Å². The summed E-state index contributed by atoms with van der Waals surface area (Å²) in [6.45, 7) is 4.04. The summed E-state index contributed by atoms with van der Waals surface area (Å²) in [4.78, 5) is 25.8. The number of ether oxygens (including phenoxy) is 2. The molecule has 0 unspecified atom stereocenters. The van der Waals surface area contributed by atoms with Crippen molar-refractivity contribution in [1.29, 1.82) is 0 Å². The van der Waals surface area contributed by atoms with Crippen molar-refractivity contribution in [3.05, 3.63) is 63.2 Å². The minimum absolute atomic E-state index is 0.0695. The van der Waals surface area contributed by atoms with Crippen LogP contribution >= 0.6 is 22.6 Å². The average molecular weight is 493 g/mol. The van der Waals surface area contributed by atoms with Crippen LogP contribution in [0.15, 0.2) is 48.5 Å². The fourth-order valence-electron chi connectivity index (χ4n) is 2.48. The highest BCUT2D eigenvalue weighted by Gasteiger charge is 2.18. The summed E-state index contributed by atoms with van der Waals surface area (Å²) in [6, 6.07) is 12.8. The first kappa shape index (κ1) is 21.9. The molecule has 28 heavy (non-hydrogen) atoms. The van der Waals surface area contributed by atoms with E-state index in [9.17, 15) is 9.59 Å². The number of hydrogen-bond acceptors (Lipinski definition) is 4. The van der Waals surface area contributed by atoms with E-state index in [2.05, 4.69) is 22.6 Å². The Morgan fingerprint density at radius 1 is 1.11 bits per heavy atom. The number of amides is 1. The summed E-state index contributed by atoms with van der Waals surface area (Å²) >= 11 is 2.20. The summed E-state index contributed by atoms with van der Waals surface area (Å²) in [5.74, 6) is 0.824. The largest absolute Gasteiger partial charge is 0.490 e. The van der Waals surface area contributed by atoms with E-state index in [1.807, 2.05) is 25.1 Å². The van der Waals surface area contributed by atoms with E-state index in [1.165, 1.54) is 11.0 Å². The Hall–Kier alpha value is -2.35. The number of benzene rings is 2. The minimum atomic E-state index is -0.627. The van der Waals surface area contributed by atoms with E-state index >= 15 is 0 Å². The van der Waals surface area contributed by atoms with Crippen LogP contribution in [0.3, 0.4) is 0 Å². The molecule has 6 heteroatoms. The third-order valence-corrected chi connectivity index (χ3v) is 4.63. The molecule has 0 N–H and O–H groups in total. The highest BCUT2D eigenvalue weighted by molar-refractivity contribution is 14.1. The lowest BCUT2D eigenvalue weighted by Crippen LogP contribution is -2.35. The number of carbonyl (C=O) groups is 2. The van der Waals surface area contributed by atoms with Crippen LogP contribution in [0.5, 0.6) is 11.5 Å². The molecule has 1 atom stereocenters. The Bertz CT molecular complexity index is 859. The second kappa shape index (κ2) is 10.3. The van der Waals surface area contributed by atoms with Crippen LogP contribution in [0.1, 0.15) is 29.8 Å². The van der Waals surface area contributed by atoms with Gasteiger partial charge in [-0.15, -0.1) is 0 Å². The third kappa shape index (κ3) is 6.09. The molecule has 0 saturated carbocycles. The number of rotatable bonds is 8. The van der Waals surface area contributed by atoms with Gasteiger partial charge in [0.2, 0.25) is 0 Å². The van der Waals surface area contributed by atoms with Crippen LogP contribution in [0, 0.1) is 3.57 Å². The standard InChI is InChI=1S/C22H24INO4/c1-5-27-21-14-16(6-12-19(25)17-8-10-18(23)11-9-17)7-13-20(21)28-15(2)22(26)24(3)4/h6-15H,5H2,1-4H3/b12-6+/t15-/m1/s1. The smallest absolute Gasteiger partial charge is 0.262 e. The molecule has 0 spiro atoms. The summed E-state index contributed by atoms with van der Waals surface area (Å²) in [6.07, 6.45) is 2.64. The summed E-state index contributed by atoms with van der Waals surface area (Å²) in [7, 11) is 3.37. The van der Waals surface area contributed by atoms with Gasteiger partial charge >= 0.3 is 0 Å². The molecule has 0 aliphatic carbocycles. The molecular formula is C22H24INO4. The van der Waals surface area contributed by atoms with Gasteiger partial charge in [-0.25, -0.2) is 0 Å². The fraction of sp³-hybridized carbons (Fsp3) is 0.273. The predicted octanol–water partition coefficient (Wildman–Crippen LogP) is 4.44. The first-order valence-corrected chi connectivity index (χ1v) is 10.0. The number of ketones is 1. The van der Waals surface area contributed by atoms with E-state index in [1.54, 1.807) is 51.4 Å². The van der Waals surface area contributed by atoms with E-state index in [-0.39, 0.29) is 11.7 Å².